The molecule has 0 aliphatic heterocycles. The van der Waals surface area contributed by atoms with Gasteiger partial charge in [-0.2, -0.15) is 0 Å². The lowest BCUT2D eigenvalue weighted by molar-refractivity contribution is 0.00305. The third-order valence-electron chi connectivity index (χ3n) is 1.67. The highest BCUT2D eigenvalue weighted by Gasteiger charge is 2.23. The van der Waals surface area contributed by atoms with Crippen LogP contribution in [0.3, 0.4) is 0 Å². The van der Waals surface area contributed by atoms with E-state index >= 15 is 0 Å². The molecule has 0 amide bonds. The van der Waals surface area contributed by atoms with Gasteiger partial charge in [0.15, 0.2) is 0 Å². The molecule has 1 atom stereocenters. The second-order valence-electron chi connectivity index (χ2n) is 2.65. The van der Waals surface area contributed by atoms with E-state index in [9.17, 15) is 0 Å². The van der Waals surface area contributed by atoms with Crippen molar-refractivity contribution < 1.29 is 4.74 Å². The maximum atomic E-state index is 5.61. The molecule has 0 bridgehead atoms. The third kappa shape index (κ3) is 2.30. The number of methoxy groups -OCH3 is 1. The van der Waals surface area contributed by atoms with Crippen molar-refractivity contribution in [1.29, 1.82) is 0 Å². The molecule has 0 aliphatic rings. The van der Waals surface area contributed by atoms with E-state index in [1.807, 2.05) is 13.8 Å². The fraction of sp³-hybridized carbons (Fsp3) is 1.00. The van der Waals surface area contributed by atoms with Gasteiger partial charge in [-0.05, 0) is 13.8 Å². The molecular weight excluding hydrogens is 116 g/mol. The van der Waals surface area contributed by atoms with Crippen LogP contribution in [-0.2, 0) is 4.74 Å². The van der Waals surface area contributed by atoms with Crippen LogP contribution in [0.1, 0.15) is 13.8 Å². The standard InChI is InChI=1S/C6H16N2O/c1-6(2,9-3)5(8)4-7/h5H,4,7-8H2,1-3H3. The summed E-state index contributed by atoms with van der Waals surface area (Å²) in [6.07, 6.45) is 0. The lowest BCUT2D eigenvalue weighted by Crippen LogP contribution is -2.49. The van der Waals surface area contributed by atoms with Crippen molar-refractivity contribution in [3.63, 3.8) is 0 Å². The first kappa shape index (κ1) is 8.88. The van der Waals surface area contributed by atoms with Crippen molar-refractivity contribution >= 4 is 0 Å². The highest BCUT2D eigenvalue weighted by molar-refractivity contribution is 4.82. The molecule has 0 radical (unpaired) electrons. The average molecular weight is 132 g/mol. The molecule has 0 spiro atoms. The molecule has 0 saturated heterocycles. The molecule has 9 heavy (non-hydrogen) atoms. The average Bonchev–Trinajstić information content (AvgIpc) is 1.86. The minimum atomic E-state index is -0.297. The molecule has 3 nitrogen and oxygen atoms in total. The van der Waals surface area contributed by atoms with Gasteiger partial charge < -0.3 is 16.2 Å². The zero-order chi connectivity index (χ0) is 7.49. The summed E-state index contributed by atoms with van der Waals surface area (Å²) in [5.41, 5.74) is 10.6. The smallest absolute Gasteiger partial charge is 0.0785 e. The predicted molar refractivity (Wildman–Crippen MR) is 38.1 cm³/mol. The van der Waals surface area contributed by atoms with Gasteiger partial charge in [0.2, 0.25) is 0 Å². The first-order valence-electron chi connectivity index (χ1n) is 3.05. The van der Waals surface area contributed by atoms with E-state index in [0.717, 1.165) is 0 Å². The topological polar surface area (TPSA) is 61.3 Å². The van der Waals surface area contributed by atoms with Crippen LogP contribution in [0.5, 0.6) is 0 Å². The lowest BCUT2D eigenvalue weighted by Gasteiger charge is -2.28. The first-order chi connectivity index (χ1) is 4.04. The molecule has 0 aromatic rings. The molecule has 0 fully saturated rings. The Kier molecular flexibility index (Phi) is 3.11. The van der Waals surface area contributed by atoms with E-state index in [1.54, 1.807) is 7.11 Å². The van der Waals surface area contributed by atoms with E-state index in [1.165, 1.54) is 0 Å². The number of hydrogen-bond acceptors (Lipinski definition) is 3. The monoisotopic (exact) mass is 132 g/mol. The summed E-state index contributed by atoms with van der Waals surface area (Å²) < 4.78 is 5.09. The van der Waals surface area contributed by atoms with E-state index in [0.29, 0.717) is 6.54 Å². The van der Waals surface area contributed by atoms with Gasteiger partial charge in [-0.1, -0.05) is 0 Å². The van der Waals surface area contributed by atoms with Crippen molar-refractivity contribution in [3.05, 3.63) is 0 Å². The maximum absolute atomic E-state index is 5.61. The Bertz CT molecular complexity index is 83.1. The Morgan fingerprint density at radius 2 is 2.00 bits per heavy atom. The van der Waals surface area contributed by atoms with Gasteiger partial charge in [0.05, 0.1) is 5.60 Å². The van der Waals surface area contributed by atoms with Crippen LogP contribution in [0.15, 0.2) is 0 Å². The highest BCUT2D eigenvalue weighted by atomic mass is 16.5. The summed E-state index contributed by atoms with van der Waals surface area (Å²) in [5, 5.41) is 0. The molecular formula is C6H16N2O. The second kappa shape index (κ2) is 3.15. The van der Waals surface area contributed by atoms with Crippen LogP contribution in [0, 0.1) is 0 Å². The molecule has 56 valence electrons. The van der Waals surface area contributed by atoms with Crippen LogP contribution in [0.25, 0.3) is 0 Å². The molecule has 0 aliphatic carbocycles. The molecule has 4 N–H and O–H groups in total. The molecule has 1 unspecified atom stereocenters. The normalized spacial score (nSPS) is 15.7. The van der Waals surface area contributed by atoms with Gasteiger partial charge in [0.25, 0.3) is 0 Å². The molecule has 0 heterocycles. The third-order valence-corrected chi connectivity index (χ3v) is 1.67. The Hall–Kier alpha value is -0.120. The Balaban J connectivity index is 3.80. The zero-order valence-corrected chi connectivity index (χ0v) is 6.35. The van der Waals surface area contributed by atoms with Gasteiger partial charge in [-0.25, -0.2) is 0 Å². The highest BCUT2D eigenvalue weighted by Crippen LogP contribution is 2.09. The molecule has 0 rings (SSSR count). The van der Waals surface area contributed by atoms with Crippen LogP contribution in [-0.4, -0.2) is 25.3 Å². The summed E-state index contributed by atoms with van der Waals surface area (Å²) in [5.74, 6) is 0. The van der Waals surface area contributed by atoms with Crippen LogP contribution < -0.4 is 11.5 Å². The van der Waals surface area contributed by atoms with E-state index in [4.69, 9.17) is 16.2 Å². The van der Waals surface area contributed by atoms with Gasteiger partial charge in [0, 0.05) is 19.7 Å². The Labute approximate surface area is 56.4 Å². The van der Waals surface area contributed by atoms with Gasteiger partial charge in [0.1, 0.15) is 0 Å². The predicted octanol–water partition coefficient (Wildman–Crippen LogP) is -0.303. The summed E-state index contributed by atoms with van der Waals surface area (Å²) >= 11 is 0. The lowest BCUT2D eigenvalue weighted by atomic mass is 10.00. The van der Waals surface area contributed by atoms with Gasteiger partial charge in [-0.15, -0.1) is 0 Å². The van der Waals surface area contributed by atoms with Gasteiger partial charge in [-0.3, -0.25) is 0 Å². The Morgan fingerprint density at radius 1 is 1.56 bits per heavy atom. The van der Waals surface area contributed by atoms with Crippen LogP contribution in [0.2, 0.25) is 0 Å². The number of hydrogen-bond donors (Lipinski definition) is 2. The van der Waals surface area contributed by atoms with Gasteiger partial charge >= 0.3 is 0 Å². The number of rotatable bonds is 3. The Morgan fingerprint density at radius 3 is 2.11 bits per heavy atom. The summed E-state index contributed by atoms with van der Waals surface area (Å²) in [6, 6.07) is -0.0810. The number of nitrogens with two attached hydrogens (primary N) is 2. The van der Waals surface area contributed by atoms with E-state index in [2.05, 4.69) is 0 Å². The summed E-state index contributed by atoms with van der Waals surface area (Å²) in [6.45, 7) is 4.30. The largest absolute Gasteiger partial charge is 0.377 e. The fourth-order valence-electron chi connectivity index (χ4n) is 0.435. The summed E-state index contributed by atoms with van der Waals surface area (Å²) in [4.78, 5) is 0. The van der Waals surface area contributed by atoms with Crippen LogP contribution >= 0.6 is 0 Å². The zero-order valence-electron chi connectivity index (χ0n) is 6.35. The quantitative estimate of drug-likeness (QED) is 0.554. The molecule has 0 aromatic carbocycles. The van der Waals surface area contributed by atoms with Crippen molar-refractivity contribution in [2.45, 2.75) is 25.5 Å². The maximum Gasteiger partial charge on any atom is 0.0785 e. The molecule has 3 heteroatoms. The minimum Gasteiger partial charge on any atom is -0.377 e. The number of ether oxygens (including phenoxy) is 1. The first-order valence-corrected chi connectivity index (χ1v) is 3.05. The van der Waals surface area contributed by atoms with E-state index in [-0.39, 0.29) is 11.6 Å². The molecule has 0 saturated carbocycles. The second-order valence-corrected chi connectivity index (χ2v) is 2.65. The molecule has 0 aromatic heterocycles. The summed E-state index contributed by atoms with van der Waals surface area (Å²) in [7, 11) is 1.63. The van der Waals surface area contributed by atoms with E-state index < -0.39 is 0 Å². The minimum absolute atomic E-state index is 0.0810. The van der Waals surface area contributed by atoms with Crippen LogP contribution in [0.4, 0.5) is 0 Å². The van der Waals surface area contributed by atoms with Crippen molar-refractivity contribution in [1.82, 2.24) is 0 Å². The fourth-order valence-corrected chi connectivity index (χ4v) is 0.435. The van der Waals surface area contributed by atoms with Crippen molar-refractivity contribution in [2.75, 3.05) is 13.7 Å². The van der Waals surface area contributed by atoms with Crippen molar-refractivity contribution in [2.24, 2.45) is 11.5 Å². The SMILES string of the molecule is COC(C)(C)C(N)CN. The van der Waals surface area contributed by atoms with Crippen molar-refractivity contribution in [3.8, 4) is 0 Å².